The molecule has 1 aromatic carbocycles. The molecule has 1 aromatic heterocycles. The number of nitrogens with one attached hydrogen (secondary N) is 2. The average Bonchev–Trinajstić information content (AvgIpc) is 3.85. The molecule has 3 aliphatic rings. The molecule has 2 aromatic rings. The van der Waals surface area contributed by atoms with Crippen LogP contribution in [0.25, 0.3) is 17.4 Å². The van der Waals surface area contributed by atoms with Gasteiger partial charge in [0.1, 0.15) is 44.6 Å². The first-order valence-corrected chi connectivity index (χ1v) is 19.3. The van der Waals surface area contributed by atoms with E-state index < -0.39 is 35.2 Å². The van der Waals surface area contributed by atoms with Crippen molar-refractivity contribution in [1.82, 2.24) is 15.5 Å². The Morgan fingerprint density at radius 1 is 1.00 bits per heavy atom. The number of alkyl carbamates (subject to hydrolysis) is 1. The molecule has 12 nitrogen and oxygen atoms in total. The Morgan fingerprint density at radius 2 is 1.68 bits per heavy atom. The molecule has 288 valence electrons. The molecule has 53 heavy (non-hydrogen) atoms. The molecule has 0 spiro atoms. The van der Waals surface area contributed by atoms with Crippen LogP contribution in [0.5, 0.6) is 11.5 Å². The summed E-state index contributed by atoms with van der Waals surface area (Å²) >= 11 is 7.03. The van der Waals surface area contributed by atoms with Crippen LogP contribution in [0.1, 0.15) is 91.4 Å². The first-order valence-electron chi connectivity index (χ1n) is 18.0. The van der Waals surface area contributed by atoms with Crippen molar-refractivity contribution in [1.29, 1.82) is 0 Å². The van der Waals surface area contributed by atoms with E-state index in [4.69, 9.17) is 35.6 Å². The quantitative estimate of drug-likeness (QED) is 0.0938. The molecule has 2 N–H and O–H groups in total. The molecule has 1 saturated heterocycles. The number of carbonyl (C=O) groups is 4. The van der Waals surface area contributed by atoms with Crippen LogP contribution in [0, 0.1) is 11.8 Å². The minimum absolute atomic E-state index is 0.0923. The number of benzene rings is 1. The summed E-state index contributed by atoms with van der Waals surface area (Å²) in [4.78, 5) is 54.7. The summed E-state index contributed by atoms with van der Waals surface area (Å²) in [6.45, 7) is 10.5. The third-order valence-corrected chi connectivity index (χ3v) is 10.6. The maximum Gasteiger partial charge on any atom is 0.408 e. The lowest BCUT2D eigenvalue weighted by molar-refractivity contribution is -0.156. The fourth-order valence-corrected chi connectivity index (χ4v) is 8.43. The highest BCUT2D eigenvalue weighted by atomic mass is 32.2. The van der Waals surface area contributed by atoms with Gasteiger partial charge in [-0.05, 0) is 109 Å². The van der Waals surface area contributed by atoms with Crippen LogP contribution < -0.4 is 20.1 Å². The molecule has 14 heteroatoms. The minimum Gasteiger partial charge on any atom is -0.497 e. The molecule has 1 aliphatic heterocycles. The number of hydrogen-bond acceptors (Lipinski definition) is 11. The Hall–Kier alpha value is -4.04. The zero-order chi connectivity index (χ0) is 38.7. The molecule has 2 heterocycles. The van der Waals surface area contributed by atoms with Gasteiger partial charge in [-0.3, -0.25) is 19.3 Å². The first kappa shape index (κ1) is 40.2. The highest BCUT2D eigenvalue weighted by Gasteiger charge is 2.48. The molecule has 4 atom stereocenters. The van der Waals surface area contributed by atoms with Gasteiger partial charge in [0.05, 0.1) is 25.5 Å². The third kappa shape index (κ3) is 10.6. The Morgan fingerprint density at radius 3 is 2.26 bits per heavy atom. The summed E-state index contributed by atoms with van der Waals surface area (Å²) in [5.74, 6) is 2.12. The summed E-state index contributed by atoms with van der Waals surface area (Å²) in [6, 6.07) is 6.30. The highest BCUT2D eigenvalue weighted by molar-refractivity contribution is 8.26. The summed E-state index contributed by atoms with van der Waals surface area (Å²) in [5.41, 5.74) is -0.0244. The number of fused-ring (bicyclic) bond motifs is 2. The van der Waals surface area contributed by atoms with Crippen LogP contribution in [0.4, 0.5) is 4.79 Å². The van der Waals surface area contributed by atoms with Crippen molar-refractivity contribution < 1.29 is 42.5 Å². The maximum absolute atomic E-state index is 13.8. The van der Waals surface area contributed by atoms with E-state index in [9.17, 15) is 19.2 Å². The predicted octanol–water partition coefficient (Wildman–Crippen LogP) is 7.03. The number of aryl methyl sites for hydroxylation is 1. The van der Waals surface area contributed by atoms with Crippen molar-refractivity contribution in [3.63, 3.8) is 0 Å². The van der Waals surface area contributed by atoms with E-state index in [0.29, 0.717) is 56.9 Å². The van der Waals surface area contributed by atoms with Crippen LogP contribution >= 0.6 is 24.0 Å². The first-order chi connectivity index (χ1) is 24.9. The van der Waals surface area contributed by atoms with Gasteiger partial charge in [0, 0.05) is 30.3 Å². The van der Waals surface area contributed by atoms with Gasteiger partial charge in [0.25, 0.3) is 5.91 Å². The zero-order valence-electron chi connectivity index (χ0n) is 31.8. The Kier molecular flexibility index (Phi) is 12.5. The lowest BCUT2D eigenvalue weighted by Gasteiger charge is -2.30. The number of nitrogens with zero attached hydrogens (tertiary/aromatic N) is 1. The second-order valence-corrected chi connectivity index (χ2v) is 17.5. The van der Waals surface area contributed by atoms with Gasteiger partial charge >= 0.3 is 12.1 Å². The lowest BCUT2D eigenvalue weighted by atomic mass is 9.94. The number of furan rings is 1. The number of ether oxygens (including phenoxy) is 4. The van der Waals surface area contributed by atoms with Crippen molar-refractivity contribution in [3.05, 3.63) is 40.5 Å². The van der Waals surface area contributed by atoms with Gasteiger partial charge < -0.3 is 34.0 Å². The summed E-state index contributed by atoms with van der Waals surface area (Å²) in [5, 5.41) is 5.35. The van der Waals surface area contributed by atoms with Gasteiger partial charge in [0.2, 0.25) is 5.91 Å². The number of rotatable bonds is 13. The van der Waals surface area contributed by atoms with Crippen molar-refractivity contribution in [2.75, 3.05) is 20.8 Å². The van der Waals surface area contributed by atoms with Crippen LogP contribution in [0.2, 0.25) is 0 Å². The standard InChI is InChI=1S/C39H51N3O9S2/c1-38(2,3)50-33(43)20-28(41-36(46)51-39(4,5)6)34(44)40-13-9-10-24-18-30(25-16-26(47-7)19-27(17-25)48-8)49-31(24)21-32-35(45)42(37(52)53-32)29-15-22-11-12-23(29)14-22/h16-19,21-23,28-29H,9-15,20H2,1-8H3,(H,40,44)(H,41,46)/b32-21-/t22?,23?,28-,29?/m0/s1. The largest absolute Gasteiger partial charge is 0.497 e. The molecule has 5 rings (SSSR count). The highest BCUT2D eigenvalue weighted by Crippen LogP contribution is 2.49. The monoisotopic (exact) mass is 769 g/mol. The molecule has 2 bridgehead atoms. The van der Waals surface area contributed by atoms with Gasteiger partial charge in [0.15, 0.2) is 0 Å². The average molecular weight is 770 g/mol. The Bertz CT molecular complexity index is 1700. The van der Waals surface area contributed by atoms with E-state index >= 15 is 0 Å². The fourth-order valence-electron chi connectivity index (χ4n) is 7.09. The molecule has 3 fully saturated rings. The van der Waals surface area contributed by atoms with Crippen LogP contribution in [0.3, 0.4) is 0 Å². The lowest BCUT2D eigenvalue weighted by Crippen LogP contribution is -2.49. The summed E-state index contributed by atoms with van der Waals surface area (Å²) in [6.07, 6.45) is 6.04. The number of carbonyl (C=O) groups excluding carboxylic acids is 4. The SMILES string of the molecule is COc1cc(OC)cc(-c2cc(CCCNC(=O)[C@H](CC(=O)OC(C)(C)C)NC(=O)OC(C)(C)C)c(/C=C3\SC(=S)N(C4CC5CCC4C5)C3=O)o2)c1. The minimum atomic E-state index is -1.21. The molecule has 3 unspecified atom stereocenters. The van der Waals surface area contributed by atoms with E-state index in [0.717, 1.165) is 30.4 Å². The molecule has 2 saturated carbocycles. The van der Waals surface area contributed by atoms with Gasteiger partial charge in [-0.2, -0.15) is 0 Å². The van der Waals surface area contributed by atoms with Gasteiger partial charge in [-0.25, -0.2) is 4.79 Å². The Balaban J connectivity index is 1.33. The second kappa shape index (κ2) is 16.5. The molecule has 2 aliphatic carbocycles. The normalized spacial score (nSPS) is 21.2. The topological polar surface area (TPSA) is 146 Å². The van der Waals surface area contributed by atoms with E-state index in [1.54, 1.807) is 67.9 Å². The van der Waals surface area contributed by atoms with Crippen LogP contribution in [-0.4, -0.2) is 77.1 Å². The van der Waals surface area contributed by atoms with Crippen molar-refractivity contribution in [3.8, 4) is 22.8 Å². The summed E-state index contributed by atoms with van der Waals surface area (Å²) in [7, 11) is 3.15. The molecular formula is C39H51N3O9S2. The maximum atomic E-state index is 13.8. The molecular weight excluding hydrogens is 719 g/mol. The smallest absolute Gasteiger partial charge is 0.408 e. The molecule has 3 amide bonds. The third-order valence-electron chi connectivity index (χ3n) is 9.32. The number of thiocarbonyl (C=S) groups is 1. The Labute approximate surface area is 321 Å². The van der Waals surface area contributed by atoms with Crippen LogP contribution in [0.15, 0.2) is 33.6 Å². The zero-order valence-corrected chi connectivity index (χ0v) is 33.4. The van der Waals surface area contributed by atoms with Gasteiger partial charge in [-0.15, -0.1) is 0 Å². The van der Waals surface area contributed by atoms with E-state index in [2.05, 4.69) is 10.6 Å². The number of methoxy groups -OCH3 is 2. The number of amides is 3. The summed E-state index contributed by atoms with van der Waals surface area (Å²) < 4.78 is 28.7. The van der Waals surface area contributed by atoms with Gasteiger partial charge in [-0.1, -0.05) is 30.4 Å². The number of esters is 1. The second-order valence-electron chi connectivity index (χ2n) is 15.8. The number of hydrogen-bond donors (Lipinski definition) is 2. The van der Waals surface area contributed by atoms with Crippen molar-refractivity contribution in [2.45, 2.75) is 110 Å². The number of thioether (sulfide) groups is 1. The van der Waals surface area contributed by atoms with E-state index in [1.807, 2.05) is 23.1 Å². The fraction of sp³-hybridized carbons (Fsp3) is 0.564. The van der Waals surface area contributed by atoms with Crippen molar-refractivity contribution >= 4 is 58.3 Å². The van der Waals surface area contributed by atoms with Crippen molar-refractivity contribution in [2.24, 2.45) is 11.8 Å². The van der Waals surface area contributed by atoms with E-state index in [-0.39, 0.29) is 24.9 Å². The molecule has 0 radical (unpaired) electrons. The van der Waals surface area contributed by atoms with E-state index in [1.165, 1.54) is 18.2 Å². The van der Waals surface area contributed by atoms with Crippen LogP contribution in [-0.2, 0) is 30.3 Å². The predicted molar refractivity (Wildman–Crippen MR) is 206 cm³/mol.